The Hall–Kier alpha value is -1.63. The van der Waals surface area contributed by atoms with Crippen molar-refractivity contribution < 1.29 is 9.66 Å². The monoisotopic (exact) mass is 254 g/mol. The molecule has 1 aromatic rings. The van der Waals surface area contributed by atoms with Crippen molar-refractivity contribution in [1.29, 1.82) is 0 Å². The van der Waals surface area contributed by atoms with E-state index in [1.54, 1.807) is 18.7 Å². The fourth-order valence-corrected chi connectivity index (χ4v) is 2.23. The van der Waals surface area contributed by atoms with Gasteiger partial charge in [0.2, 0.25) is 5.82 Å². The Morgan fingerprint density at radius 3 is 2.78 bits per heavy atom. The lowest BCUT2D eigenvalue weighted by atomic mass is 9.89. The molecule has 2 rings (SSSR count). The van der Waals surface area contributed by atoms with Crippen LogP contribution in [0.2, 0.25) is 0 Å². The van der Waals surface area contributed by atoms with Gasteiger partial charge in [0, 0.05) is 19.7 Å². The van der Waals surface area contributed by atoms with Crippen LogP contribution < -0.4 is 5.32 Å². The van der Waals surface area contributed by atoms with Gasteiger partial charge in [-0.2, -0.15) is 5.10 Å². The van der Waals surface area contributed by atoms with Crippen molar-refractivity contribution in [3.63, 3.8) is 0 Å². The zero-order valence-electron chi connectivity index (χ0n) is 10.8. The zero-order chi connectivity index (χ0) is 13.3. The summed E-state index contributed by atoms with van der Waals surface area (Å²) in [6.45, 7) is 4.19. The molecule has 0 unspecified atom stereocenters. The average Bonchev–Trinajstić information content (AvgIpc) is 2.59. The molecule has 1 heterocycles. The summed E-state index contributed by atoms with van der Waals surface area (Å²) in [7, 11) is 1.68. The molecule has 0 atom stereocenters. The van der Waals surface area contributed by atoms with Crippen molar-refractivity contribution in [2.45, 2.75) is 45.4 Å². The molecule has 1 N–H and O–H groups in total. The second-order valence-corrected chi connectivity index (χ2v) is 4.53. The Kier molecular flexibility index (Phi) is 3.51. The minimum absolute atomic E-state index is 0.0812. The fraction of sp³-hybridized carbons (Fsp3) is 0.727. The lowest BCUT2D eigenvalue weighted by Gasteiger charge is -2.34. The number of nitrogens with one attached hydrogen (secondary N) is 1. The van der Waals surface area contributed by atoms with Gasteiger partial charge in [0.1, 0.15) is 5.69 Å². The maximum atomic E-state index is 11.1. The Balaban J connectivity index is 2.18. The number of methoxy groups -OCH3 is 1. The molecule has 1 aliphatic carbocycles. The van der Waals surface area contributed by atoms with Crippen LogP contribution >= 0.6 is 0 Å². The molecule has 0 saturated heterocycles. The molecule has 0 aliphatic heterocycles. The zero-order valence-corrected chi connectivity index (χ0v) is 10.8. The van der Waals surface area contributed by atoms with Crippen LogP contribution in [-0.2, 0) is 11.3 Å². The summed E-state index contributed by atoms with van der Waals surface area (Å²) in [6.07, 6.45) is 2.02. The number of hydrogen-bond donors (Lipinski definition) is 1. The van der Waals surface area contributed by atoms with Crippen molar-refractivity contribution >= 4 is 11.5 Å². The van der Waals surface area contributed by atoms with Gasteiger partial charge in [-0.25, -0.2) is 4.68 Å². The highest BCUT2D eigenvalue weighted by Gasteiger charge is 2.33. The van der Waals surface area contributed by atoms with Crippen LogP contribution in [0.1, 0.15) is 25.5 Å². The number of nitrogens with zero attached hydrogens (tertiary/aromatic N) is 3. The van der Waals surface area contributed by atoms with E-state index in [0.717, 1.165) is 12.8 Å². The van der Waals surface area contributed by atoms with Crippen molar-refractivity contribution in [3.05, 3.63) is 15.8 Å². The van der Waals surface area contributed by atoms with Gasteiger partial charge < -0.3 is 10.1 Å². The number of aryl methyl sites for hydroxylation is 2. The van der Waals surface area contributed by atoms with E-state index in [1.807, 2.05) is 6.92 Å². The standard InChI is InChI=1S/C11H18N4O3/c1-4-14-11(10(15(16)17)7(2)13-14)12-8-5-9(6-8)18-3/h8-9,12H,4-6H2,1-3H3. The Bertz CT molecular complexity index is 451. The minimum Gasteiger partial charge on any atom is -0.381 e. The van der Waals surface area contributed by atoms with Gasteiger partial charge in [-0.15, -0.1) is 0 Å². The van der Waals surface area contributed by atoms with Crippen LogP contribution in [0.4, 0.5) is 11.5 Å². The topological polar surface area (TPSA) is 82.2 Å². The Labute approximate surface area is 105 Å². The first-order valence-electron chi connectivity index (χ1n) is 6.07. The van der Waals surface area contributed by atoms with Crippen LogP contribution in [0, 0.1) is 17.0 Å². The molecular formula is C11H18N4O3. The van der Waals surface area contributed by atoms with E-state index in [1.165, 1.54) is 0 Å². The van der Waals surface area contributed by atoms with Crippen LogP contribution in [0.25, 0.3) is 0 Å². The molecule has 0 aromatic carbocycles. The van der Waals surface area contributed by atoms with Crippen LogP contribution in [0.15, 0.2) is 0 Å². The van der Waals surface area contributed by atoms with Crippen molar-refractivity contribution in [2.24, 2.45) is 0 Å². The molecule has 0 spiro atoms. The van der Waals surface area contributed by atoms with E-state index in [4.69, 9.17) is 4.74 Å². The Morgan fingerprint density at radius 2 is 2.28 bits per heavy atom. The minimum atomic E-state index is -0.372. The molecule has 100 valence electrons. The first-order valence-corrected chi connectivity index (χ1v) is 6.07. The highest BCUT2D eigenvalue weighted by atomic mass is 16.6. The maximum Gasteiger partial charge on any atom is 0.333 e. The van der Waals surface area contributed by atoms with Crippen molar-refractivity contribution in [3.8, 4) is 0 Å². The number of rotatable bonds is 5. The van der Waals surface area contributed by atoms with Gasteiger partial charge in [-0.3, -0.25) is 10.1 Å². The van der Waals surface area contributed by atoms with Gasteiger partial charge >= 0.3 is 5.69 Å². The number of nitro groups is 1. The third-order valence-electron chi connectivity index (χ3n) is 3.35. The third-order valence-corrected chi connectivity index (χ3v) is 3.35. The van der Waals surface area contributed by atoms with Crippen LogP contribution in [0.3, 0.4) is 0 Å². The Morgan fingerprint density at radius 1 is 1.61 bits per heavy atom. The lowest BCUT2D eigenvalue weighted by Crippen LogP contribution is -2.40. The first-order chi connectivity index (χ1) is 8.56. The summed E-state index contributed by atoms with van der Waals surface area (Å²) >= 11 is 0. The predicted octanol–water partition coefficient (Wildman–Crippen LogP) is 1.71. The molecule has 1 aromatic heterocycles. The number of hydrogen-bond acceptors (Lipinski definition) is 5. The smallest absolute Gasteiger partial charge is 0.333 e. The van der Waals surface area contributed by atoms with Crippen LogP contribution in [0.5, 0.6) is 0 Å². The number of anilines is 1. The van der Waals surface area contributed by atoms with Gasteiger partial charge in [0.05, 0.1) is 11.0 Å². The summed E-state index contributed by atoms with van der Waals surface area (Å²) < 4.78 is 6.84. The second kappa shape index (κ2) is 4.93. The third kappa shape index (κ3) is 2.17. The quantitative estimate of drug-likeness (QED) is 0.639. The molecule has 1 saturated carbocycles. The van der Waals surface area contributed by atoms with Gasteiger partial charge in [-0.05, 0) is 26.7 Å². The van der Waals surface area contributed by atoms with Gasteiger partial charge in [0.15, 0.2) is 0 Å². The molecule has 18 heavy (non-hydrogen) atoms. The van der Waals surface area contributed by atoms with Crippen molar-refractivity contribution in [2.75, 3.05) is 12.4 Å². The summed E-state index contributed by atoms with van der Waals surface area (Å²) in [5.41, 5.74) is 0.532. The highest BCUT2D eigenvalue weighted by Crippen LogP contribution is 2.33. The molecule has 7 nitrogen and oxygen atoms in total. The summed E-state index contributed by atoms with van der Waals surface area (Å²) in [5.74, 6) is 0.513. The van der Waals surface area contributed by atoms with Gasteiger partial charge in [-0.1, -0.05) is 0 Å². The number of aromatic nitrogens is 2. The van der Waals surface area contributed by atoms with E-state index in [2.05, 4.69) is 10.4 Å². The summed E-state index contributed by atoms with van der Waals surface area (Å²) in [5, 5.41) is 18.5. The highest BCUT2D eigenvalue weighted by molar-refractivity contribution is 5.60. The first kappa shape index (κ1) is 12.8. The SMILES string of the molecule is CCn1nc(C)c([N+](=O)[O-])c1NC1CC(OC)C1. The molecule has 7 heteroatoms. The van der Waals surface area contributed by atoms with Crippen LogP contribution in [-0.4, -0.2) is 34.0 Å². The van der Waals surface area contributed by atoms with E-state index in [9.17, 15) is 10.1 Å². The molecule has 1 fully saturated rings. The van der Waals surface area contributed by atoms with Crippen molar-refractivity contribution in [1.82, 2.24) is 9.78 Å². The van der Waals surface area contributed by atoms with Gasteiger partial charge in [0.25, 0.3) is 0 Å². The second-order valence-electron chi connectivity index (χ2n) is 4.53. The largest absolute Gasteiger partial charge is 0.381 e. The maximum absolute atomic E-state index is 11.1. The fourth-order valence-electron chi connectivity index (χ4n) is 2.23. The number of ether oxygens (including phenoxy) is 1. The summed E-state index contributed by atoms with van der Waals surface area (Å²) in [6, 6.07) is 0.232. The summed E-state index contributed by atoms with van der Waals surface area (Å²) in [4.78, 5) is 10.7. The predicted molar refractivity (Wildman–Crippen MR) is 66.7 cm³/mol. The molecule has 0 radical (unpaired) electrons. The van der Waals surface area contributed by atoms with E-state index in [-0.39, 0.29) is 22.8 Å². The molecular weight excluding hydrogens is 236 g/mol. The van der Waals surface area contributed by atoms with E-state index < -0.39 is 0 Å². The molecule has 1 aliphatic rings. The lowest BCUT2D eigenvalue weighted by molar-refractivity contribution is -0.384. The average molecular weight is 254 g/mol. The molecule has 0 bridgehead atoms. The van der Waals surface area contributed by atoms with E-state index >= 15 is 0 Å². The molecule has 0 amide bonds. The normalized spacial score (nSPS) is 22.6. The van der Waals surface area contributed by atoms with E-state index in [0.29, 0.717) is 18.1 Å².